The molecular weight excluding hydrogens is 308 g/mol. The number of carbonyl (C=O) groups is 2. The zero-order valence-electron chi connectivity index (χ0n) is 12.9. The van der Waals surface area contributed by atoms with E-state index in [1.807, 2.05) is 0 Å². The summed E-state index contributed by atoms with van der Waals surface area (Å²) in [4.78, 5) is 22.2. The van der Waals surface area contributed by atoms with E-state index in [1.165, 1.54) is 0 Å². The third-order valence-corrected chi connectivity index (χ3v) is 3.04. The van der Waals surface area contributed by atoms with Crippen LogP contribution in [0.3, 0.4) is 0 Å². The first-order chi connectivity index (χ1) is 10.1. The van der Waals surface area contributed by atoms with E-state index in [-0.39, 0.29) is 6.42 Å². The smallest absolute Gasteiger partial charge is 0.412 e. The summed E-state index contributed by atoms with van der Waals surface area (Å²) in [6.45, 7) is 5.29. The van der Waals surface area contributed by atoms with Crippen LogP contribution in [0.1, 0.15) is 45.2 Å². The molecule has 1 rings (SSSR count). The number of hydrogen-bond donors (Lipinski definition) is 3. The third-order valence-electron chi connectivity index (χ3n) is 2.73. The van der Waals surface area contributed by atoms with Crippen LogP contribution in [-0.4, -0.2) is 22.8 Å². The molecule has 1 unspecified atom stereocenters. The summed E-state index contributed by atoms with van der Waals surface area (Å²) in [7, 11) is 0. The monoisotopic (exact) mass is 328 g/mol. The standard InChI is InChI=1S/C15H21ClN2O4/c1-15(2,3)22-14(21)18-12-6-4-9(8-10(12)16)11(17)5-7-13(19)20/h4,6,8,11H,5,7,17H2,1-3H3,(H,18,21)(H,19,20). The van der Waals surface area contributed by atoms with E-state index < -0.39 is 23.7 Å². The van der Waals surface area contributed by atoms with E-state index in [4.69, 9.17) is 27.2 Å². The fourth-order valence-corrected chi connectivity index (χ4v) is 1.96. The van der Waals surface area contributed by atoms with Gasteiger partial charge in [-0.05, 0) is 44.9 Å². The summed E-state index contributed by atoms with van der Waals surface area (Å²) >= 11 is 6.11. The number of aliphatic carboxylic acids is 1. The average Bonchev–Trinajstić information content (AvgIpc) is 2.36. The maximum Gasteiger partial charge on any atom is 0.412 e. The SMILES string of the molecule is CC(C)(C)OC(=O)Nc1ccc(C(N)CCC(=O)O)cc1Cl. The molecule has 0 aliphatic rings. The lowest BCUT2D eigenvalue weighted by Gasteiger charge is -2.20. The number of carboxylic acid groups (broad SMARTS) is 1. The lowest BCUT2D eigenvalue weighted by molar-refractivity contribution is -0.137. The Hall–Kier alpha value is -1.79. The summed E-state index contributed by atoms with van der Waals surface area (Å²) < 4.78 is 5.14. The predicted molar refractivity (Wildman–Crippen MR) is 85.1 cm³/mol. The van der Waals surface area contributed by atoms with Crippen molar-refractivity contribution in [2.45, 2.75) is 45.3 Å². The van der Waals surface area contributed by atoms with Gasteiger partial charge in [-0.1, -0.05) is 17.7 Å². The van der Waals surface area contributed by atoms with Gasteiger partial charge in [-0.25, -0.2) is 4.79 Å². The zero-order chi connectivity index (χ0) is 16.9. The van der Waals surface area contributed by atoms with Crippen LogP contribution >= 0.6 is 11.6 Å². The molecule has 0 aliphatic carbocycles. The molecule has 122 valence electrons. The van der Waals surface area contributed by atoms with Gasteiger partial charge in [0.2, 0.25) is 0 Å². The molecule has 6 nitrogen and oxygen atoms in total. The molecule has 0 spiro atoms. The van der Waals surface area contributed by atoms with Crippen molar-refractivity contribution in [1.82, 2.24) is 0 Å². The number of ether oxygens (including phenoxy) is 1. The predicted octanol–water partition coefficient (Wildman–Crippen LogP) is 3.55. The number of halogens is 1. The largest absolute Gasteiger partial charge is 0.481 e. The minimum Gasteiger partial charge on any atom is -0.481 e. The Balaban J connectivity index is 2.73. The Bertz CT molecular complexity index is 555. The highest BCUT2D eigenvalue weighted by Crippen LogP contribution is 2.27. The van der Waals surface area contributed by atoms with Crippen LogP contribution in [0.2, 0.25) is 5.02 Å². The first-order valence-corrected chi connectivity index (χ1v) is 7.23. The summed E-state index contributed by atoms with van der Waals surface area (Å²) in [5, 5.41) is 11.5. The zero-order valence-corrected chi connectivity index (χ0v) is 13.6. The van der Waals surface area contributed by atoms with Gasteiger partial charge in [0.1, 0.15) is 5.60 Å². The Morgan fingerprint density at radius 1 is 1.41 bits per heavy atom. The molecule has 1 amide bonds. The fraction of sp³-hybridized carbons (Fsp3) is 0.467. The topological polar surface area (TPSA) is 102 Å². The van der Waals surface area contributed by atoms with E-state index in [0.29, 0.717) is 22.7 Å². The van der Waals surface area contributed by atoms with Crippen LogP contribution in [0, 0.1) is 0 Å². The Kier molecular flexibility index (Phi) is 6.20. The van der Waals surface area contributed by atoms with Gasteiger partial charge in [-0.2, -0.15) is 0 Å². The number of carboxylic acids is 1. The van der Waals surface area contributed by atoms with Crippen molar-refractivity contribution in [3.05, 3.63) is 28.8 Å². The molecule has 0 aliphatic heterocycles. The Labute approximate surface area is 134 Å². The second kappa shape index (κ2) is 7.47. The number of hydrogen-bond acceptors (Lipinski definition) is 4. The van der Waals surface area contributed by atoms with Gasteiger partial charge in [-0.15, -0.1) is 0 Å². The first kappa shape index (κ1) is 18.3. The lowest BCUT2D eigenvalue weighted by atomic mass is 10.0. The van der Waals surface area contributed by atoms with Gasteiger partial charge in [-0.3, -0.25) is 10.1 Å². The van der Waals surface area contributed by atoms with Gasteiger partial charge >= 0.3 is 12.1 Å². The number of nitrogens with one attached hydrogen (secondary N) is 1. The van der Waals surface area contributed by atoms with Crippen LogP contribution < -0.4 is 11.1 Å². The normalized spacial score (nSPS) is 12.6. The molecule has 0 aromatic heterocycles. The molecule has 0 radical (unpaired) electrons. The van der Waals surface area contributed by atoms with Gasteiger partial charge < -0.3 is 15.6 Å². The number of rotatable bonds is 5. The maximum absolute atomic E-state index is 11.7. The van der Waals surface area contributed by atoms with Crippen molar-refractivity contribution in [2.24, 2.45) is 5.73 Å². The quantitative estimate of drug-likeness (QED) is 0.767. The number of anilines is 1. The molecule has 0 bridgehead atoms. The van der Waals surface area contributed by atoms with Gasteiger partial charge in [0.15, 0.2) is 0 Å². The van der Waals surface area contributed by atoms with Crippen molar-refractivity contribution >= 4 is 29.4 Å². The maximum atomic E-state index is 11.7. The Morgan fingerprint density at radius 2 is 2.05 bits per heavy atom. The molecule has 0 heterocycles. The van der Waals surface area contributed by atoms with Crippen molar-refractivity contribution in [3.63, 3.8) is 0 Å². The molecule has 0 saturated heterocycles. The third kappa shape index (κ3) is 6.32. The van der Waals surface area contributed by atoms with Crippen LogP contribution in [0.5, 0.6) is 0 Å². The average molecular weight is 329 g/mol. The van der Waals surface area contributed by atoms with E-state index in [0.717, 1.165) is 0 Å². The Morgan fingerprint density at radius 3 is 2.55 bits per heavy atom. The minimum absolute atomic E-state index is 0.0172. The van der Waals surface area contributed by atoms with Crippen LogP contribution in [0.4, 0.5) is 10.5 Å². The van der Waals surface area contributed by atoms with Crippen LogP contribution in [0.25, 0.3) is 0 Å². The van der Waals surface area contributed by atoms with Gasteiger partial charge in [0.05, 0.1) is 10.7 Å². The molecular formula is C15H21ClN2O4. The van der Waals surface area contributed by atoms with E-state index in [9.17, 15) is 9.59 Å². The van der Waals surface area contributed by atoms with Crippen LogP contribution in [0.15, 0.2) is 18.2 Å². The molecule has 1 aromatic rings. The summed E-state index contributed by atoms with van der Waals surface area (Å²) in [6.07, 6.45) is -0.307. The molecule has 4 N–H and O–H groups in total. The number of carbonyl (C=O) groups excluding carboxylic acids is 1. The highest BCUT2D eigenvalue weighted by Gasteiger charge is 2.17. The number of nitrogens with two attached hydrogens (primary N) is 1. The molecule has 22 heavy (non-hydrogen) atoms. The lowest BCUT2D eigenvalue weighted by Crippen LogP contribution is -2.27. The van der Waals surface area contributed by atoms with E-state index >= 15 is 0 Å². The molecule has 7 heteroatoms. The second-order valence-electron chi connectivity index (χ2n) is 5.91. The molecule has 1 aromatic carbocycles. The van der Waals surface area contributed by atoms with Crippen molar-refractivity contribution in [2.75, 3.05) is 5.32 Å². The highest BCUT2D eigenvalue weighted by molar-refractivity contribution is 6.33. The molecule has 1 atom stereocenters. The minimum atomic E-state index is -0.898. The highest BCUT2D eigenvalue weighted by atomic mass is 35.5. The summed E-state index contributed by atoms with van der Waals surface area (Å²) in [5.41, 5.74) is 6.43. The number of amides is 1. The van der Waals surface area contributed by atoms with Crippen molar-refractivity contribution in [3.8, 4) is 0 Å². The summed E-state index contributed by atoms with van der Waals surface area (Å²) in [6, 6.07) is 4.50. The van der Waals surface area contributed by atoms with Crippen molar-refractivity contribution < 1.29 is 19.4 Å². The van der Waals surface area contributed by atoms with E-state index in [2.05, 4.69) is 5.32 Å². The second-order valence-corrected chi connectivity index (χ2v) is 6.31. The fourth-order valence-electron chi connectivity index (χ4n) is 1.72. The van der Waals surface area contributed by atoms with Gasteiger partial charge in [0.25, 0.3) is 0 Å². The van der Waals surface area contributed by atoms with E-state index in [1.54, 1.807) is 39.0 Å². The summed E-state index contributed by atoms with van der Waals surface area (Å²) in [5.74, 6) is -0.898. The molecule has 0 saturated carbocycles. The molecule has 0 fully saturated rings. The first-order valence-electron chi connectivity index (χ1n) is 6.85. The number of benzene rings is 1. The van der Waals surface area contributed by atoms with Crippen molar-refractivity contribution in [1.29, 1.82) is 0 Å². The van der Waals surface area contributed by atoms with Gasteiger partial charge in [0, 0.05) is 12.5 Å². The van der Waals surface area contributed by atoms with Crippen LogP contribution in [-0.2, 0) is 9.53 Å².